The van der Waals surface area contributed by atoms with E-state index in [0.29, 0.717) is 11.6 Å². The molecular weight excluding hydrogens is 286 g/mol. The van der Waals surface area contributed by atoms with E-state index in [0.717, 1.165) is 22.8 Å². The highest BCUT2D eigenvalue weighted by molar-refractivity contribution is 6.30. The van der Waals surface area contributed by atoms with E-state index in [1.54, 1.807) is 7.11 Å². The molecule has 2 aromatic rings. The van der Waals surface area contributed by atoms with Crippen molar-refractivity contribution in [2.24, 2.45) is 11.1 Å². The molecule has 1 aliphatic rings. The predicted octanol–water partition coefficient (Wildman–Crippen LogP) is 4.33. The Bertz CT molecular complexity index is 667. The SMILES string of the molecule is COc1cccc(/C(=N\O)[C@@H]2C[C@@H]2c2ccc(Cl)cc2)c1. The molecule has 4 heteroatoms. The molecule has 3 nitrogen and oxygen atoms in total. The summed E-state index contributed by atoms with van der Waals surface area (Å²) in [7, 11) is 1.63. The number of ether oxygens (including phenoxy) is 1. The largest absolute Gasteiger partial charge is 0.497 e. The minimum Gasteiger partial charge on any atom is -0.497 e. The Morgan fingerprint density at radius 1 is 1.24 bits per heavy atom. The summed E-state index contributed by atoms with van der Waals surface area (Å²) in [5, 5.41) is 13.6. The zero-order valence-corrected chi connectivity index (χ0v) is 12.4. The second kappa shape index (κ2) is 5.78. The molecule has 1 saturated carbocycles. The molecule has 3 rings (SSSR count). The smallest absolute Gasteiger partial charge is 0.119 e. The van der Waals surface area contributed by atoms with E-state index in [-0.39, 0.29) is 5.92 Å². The number of hydrogen-bond acceptors (Lipinski definition) is 3. The Morgan fingerprint density at radius 2 is 2.00 bits per heavy atom. The third kappa shape index (κ3) is 2.88. The average Bonchev–Trinajstić information content (AvgIpc) is 3.29. The van der Waals surface area contributed by atoms with Gasteiger partial charge in [0.25, 0.3) is 0 Å². The Morgan fingerprint density at radius 3 is 2.67 bits per heavy atom. The van der Waals surface area contributed by atoms with Crippen molar-refractivity contribution in [2.75, 3.05) is 7.11 Å². The molecule has 108 valence electrons. The van der Waals surface area contributed by atoms with E-state index in [9.17, 15) is 5.21 Å². The molecule has 2 atom stereocenters. The Balaban J connectivity index is 1.81. The van der Waals surface area contributed by atoms with Crippen molar-refractivity contribution in [3.8, 4) is 5.75 Å². The van der Waals surface area contributed by atoms with Gasteiger partial charge in [-0.3, -0.25) is 0 Å². The topological polar surface area (TPSA) is 41.8 Å². The van der Waals surface area contributed by atoms with Crippen LogP contribution in [0.25, 0.3) is 0 Å². The van der Waals surface area contributed by atoms with Gasteiger partial charge in [0, 0.05) is 16.5 Å². The summed E-state index contributed by atoms with van der Waals surface area (Å²) in [6, 6.07) is 15.5. The fourth-order valence-electron chi connectivity index (χ4n) is 2.70. The van der Waals surface area contributed by atoms with E-state index in [2.05, 4.69) is 5.16 Å². The zero-order valence-electron chi connectivity index (χ0n) is 11.7. The maximum atomic E-state index is 9.39. The maximum Gasteiger partial charge on any atom is 0.119 e. The van der Waals surface area contributed by atoms with Gasteiger partial charge in [-0.1, -0.05) is 41.0 Å². The molecule has 21 heavy (non-hydrogen) atoms. The van der Waals surface area contributed by atoms with Crippen LogP contribution in [0.4, 0.5) is 0 Å². The van der Waals surface area contributed by atoms with Gasteiger partial charge in [0.05, 0.1) is 12.8 Å². The summed E-state index contributed by atoms with van der Waals surface area (Å²) in [6.45, 7) is 0. The predicted molar refractivity (Wildman–Crippen MR) is 83.6 cm³/mol. The molecule has 0 saturated heterocycles. The summed E-state index contributed by atoms with van der Waals surface area (Å²) < 4.78 is 5.22. The van der Waals surface area contributed by atoms with Crippen molar-refractivity contribution in [1.29, 1.82) is 0 Å². The zero-order chi connectivity index (χ0) is 14.8. The van der Waals surface area contributed by atoms with Crippen molar-refractivity contribution >= 4 is 17.3 Å². The first-order valence-electron chi connectivity index (χ1n) is 6.84. The third-order valence-electron chi connectivity index (χ3n) is 3.91. The highest BCUT2D eigenvalue weighted by Crippen LogP contribution is 2.49. The van der Waals surface area contributed by atoms with Gasteiger partial charge < -0.3 is 9.94 Å². The van der Waals surface area contributed by atoms with Gasteiger partial charge >= 0.3 is 0 Å². The van der Waals surface area contributed by atoms with Crippen LogP contribution >= 0.6 is 11.6 Å². The lowest BCUT2D eigenvalue weighted by molar-refractivity contribution is 0.317. The lowest BCUT2D eigenvalue weighted by Gasteiger charge is -2.07. The first kappa shape index (κ1) is 14.0. The van der Waals surface area contributed by atoms with Gasteiger partial charge in [-0.15, -0.1) is 0 Å². The highest BCUT2D eigenvalue weighted by atomic mass is 35.5. The van der Waals surface area contributed by atoms with Crippen LogP contribution in [0.15, 0.2) is 53.7 Å². The molecule has 0 spiro atoms. The Hall–Kier alpha value is -2.00. The van der Waals surface area contributed by atoms with E-state index in [1.807, 2.05) is 48.5 Å². The van der Waals surface area contributed by atoms with Crippen LogP contribution in [-0.4, -0.2) is 18.0 Å². The summed E-state index contributed by atoms with van der Waals surface area (Å²) in [4.78, 5) is 0. The molecule has 0 heterocycles. The molecule has 0 radical (unpaired) electrons. The minimum absolute atomic E-state index is 0.239. The van der Waals surface area contributed by atoms with Crippen molar-refractivity contribution in [1.82, 2.24) is 0 Å². The van der Waals surface area contributed by atoms with Crippen molar-refractivity contribution < 1.29 is 9.94 Å². The number of halogens is 1. The normalized spacial score (nSPS) is 21.1. The number of benzene rings is 2. The van der Waals surface area contributed by atoms with Crippen molar-refractivity contribution in [3.05, 3.63) is 64.7 Å². The lowest BCUT2D eigenvalue weighted by Crippen LogP contribution is -2.05. The fraction of sp³-hybridized carbons (Fsp3) is 0.235. The minimum atomic E-state index is 0.239. The van der Waals surface area contributed by atoms with E-state index >= 15 is 0 Å². The van der Waals surface area contributed by atoms with Gasteiger partial charge in [-0.05, 0) is 42.2 Å². The van der Waals surface area contributed by atoms with Crippen LogP contribution in [0.3, 0.4) is 0 Å². The van der Waals surface area contributed by atoms with Crippen LogP contribution < -0.4 is 4.74 Å². The molecule has 0 bridgehead atoms. The van der Waals surface area contributed by atoms with E-state index < -0.39 is 0 Å². The number of nitrogens with zero attached hydrogens (tertiary/aromatic N) is 1. The summed E-state index contributed by atoms with van der Waals surface area (Å²) in [5.74, 6) is 1.39. The van der Waals surface area contributed by atoms with Gasteiger partial charge in [-0.25, -0.2) is 0 Å². The second-order valence-electron chi connectivity index (χ2n) is 5.22. The number of oxime groups is 1. The third-order valence-corrected chi connectivity index (χ3v) is 4.17. The van der Waals surface area contributed by atoms with Crippen LogP contribution in [0.2, 0.25) is 5.02 Å². The highest BCUT2D eigenvalue weighted by Gasteiger charge is 2.43. The lowest BCUT2D eigenvalue weighted by atomic mass is 10.0. The van der Waals surface area contributed by atoms with Gasteiger partial charge in [0.2, 0.25) is 0 Å². The molecule has 0 unspecified atom stereocenters. The molecule has 1 fully saturated rings. The van der Waals surface area contributed by atoms with Crippen LogP contribution in [-0.2, 0) is 0 Å². The quantitative estimate of drug-likeness (QED) is 0.519. The molecule has 1 N–H and O–H groups in total. The Kier molecular flexibility index (Phi) is 3.84. The van der Waals surface area contributed by atoms with Crippen molar-refractivity contribution in [2.45, 2.75) is 12.3 Å². The number of rotatable bonds is 4. The first-order chi connectivity index (χ1) is 10.2. The molecular formula is C17H16ClNO2. The number of methoxy groups -OCH3 is 1. The van der Waals surface area contributed by atoms with Gasteiger partial charge in [-0.2, -0.15) is 0 Å². The summed E-state index contributed by atoms with van der Waals surface area (Å²) in [6.07, 6.45) is 0.984. The second-order valence-corrected chi connectivity index (χ2v) is 5.65. The summed E-state index contributed by atoms with van der Waals surface area (Å²) in [5.41, 5.74) is 2.85. The van der Waals surface area contributed by atoms with E-state index in [1.165, 1.54) is 5.56 Å². The van der Waals surface area contributed by atoms with Gasteiger partial charge in [0.15, 0.2) is 0 Å². The molecule has 1 aliphatic carbocycles. The first-order valence-corrected chi connectivity index (χ1v) is 7.22. The van der Waals surface area contributed by atoms with Crippen LogP contribution in [0.1, 0.15) is 23.5 Å². The van der Waals surface area contributed by atoms with Crippen LogP contribution in [0, 0.1) is 5.92 Å². The fourth-order valence-corrected chi connectivity index (χ4v) is 2.83. The summed E-state index contributed by atoms with van der Waals surface area (Å²) >= 11 is 5.91. The van der Waals surface area contributed by atoms with Gasteiger partial charge in [0.1, 0.15) is 5.75 Å². The van der Waals surface area contributed by atoms with E-state index in [4.69, 9.17) is 16.3 Å². The monoisotopic (exact) mass is 301 g/mol. The molecule has 0 aromatic heterocycles. The standard InChI is InChI=1S/C17H16ClNO2/c1-21-14-4-2-3-12(9-14)17(19-20)16-10-15(16)11-5-7-13(18)8-6-11/h2-9,15-16,20H,10H2,1H3/b19-17+/t15-,16-/m1/s1. The maximum absolute atomic E-state index is 9.39. The molecule has 0 amide bonds. The van der Waals surface area contributed by atoms with Crippen LogP contribution in [0.5, 0.6) is 5.75 Å². The average molecular weight is 302 g/mol. The van der Waals surface area contributed by atoms with Crippen molar-refractivity contribution in [3.63, 3.8) is 0 Å². The molecule has 0 aliphatic heterocycles. The Labute approximate surface area is 128 Å². The molecule has 2 aromatic carbocycles. The number of hydrogen-bond donors (Lipinski definition) is 1.